The Labute approximate surface area is 165 Å². The summed E-state index contributed by atoms with van der Waals surface area (Å²) in [7, 11) is -3.87. The Hall–Kier alpha value is -3.59. The van der Waals surface area contributed by atoms with Gasteiger partial charge in [-0.25, -0.2) is 13.4 Å². The maximum absolute atomic E-state index is 13.4. The molecule has 0 N–H and O–H groups in total. The lowest BCUT2D eigenvalue weighted by atomic mass is 10.2. The molecule has 5 rings (SSSR count). The number of rotatable bonds is 3. The molecule has 9 heteroatoms. The van der Waals surface area contributed by atoms with Crippen LogP contribution < -0.4 is 0 Å². The number of aromatic nitrogens is 5. The van der Waals surface area contributed by atoms with Gasteiger partial charge in [0, 0.05) is 11.5 Å². The van der Waals surface area contributed by atoms with Crippen molar-refractivity contribution in [2.75, 3.05) is 0 Å². The Balaban J connectivity index is 1.85. The van der Waals surface area contributed by atoms with Crippen molar-refractivity contribution in [3.8, 4) is 11.4 Å². The van der Waals surface area contributed by atoms with Gasteiger partial charge in [-0.2, -0.15) is 4.52 Å². The highest BCUT2D eigenvalue weighted by molar-refractivity contribution is 7.91. The minimum atomic E-state index is -3.87. The lowest BCUT2D eigenvalue weighted by Gasteiger charge is -2.09. The Kier molecular flexibility index (Phi) is 3.75. The van der Waals surface area contributed by atoms with E-state index in [1.807, 2.05) is 13.0 Å². The molecule has 0 aliphatic carbocycles. The van der Waals surface area contributed by atoms with E-state index < -0.39 is 9.84 Å². The molecule has 0 aliphatic heterocycles. The third kappa shape index (κ3) is 2.70. The SMILES string of the molecule is Cc1ccc(S(=O)(=O)c2nc3c(-c4cc(C)on4)nnn3c3ccccc23)cc1. The summed E-state index contributed by atoms with van der Waals surface area (Å²) < 4.78 is 33.5. The van der Waals surface area contributed by atoms with Crippen molar-refractivity contribution in [2.24, 2.45) is 0 Å². The minimum absolute atomic E-state index is 0.0479. The quantitative estimate of drug-likeness (QED) is 0.424. The Morgan fingerprint density at radius 1 is 1.00 bits per heavy atom. The van der Waals surface area contributed by atoms with Gasteiger partial charge in [0.25, 0.3) is 0 Å². The number of hydrogen-bond donors (Lipinski definition) is 0. The zero-order valence-corrected chi connectivity index (χ0v) is 16.4. The van der Waals surface area contributed by atoms with Crippen LogP contribution in [0.4, 0.5) is 0 Å². The number of hydrogen-bond acceptors (Lipinski definition) is 7. The van der Waals surface area contributed by atoms with Crippen LogP contribution in [0.1, 0.15) is 11.3 Å². The first-order valence-corrected chi connectivity index (χ1v) is 10.3. The highest BCUT2D eigenvalue weighted by Crippen LogP contribution is 2.30. The third-order valence-electron chi connectivity index (χ3n) is 4.67. The normalized spacial score (nSPS) is 12.1. The molecule has 3 heterocycles. The van der Waals surface area contributed by atoms with Gasteiger partial charge >= 0.3 is 0 Å². The number of fused-ring (bicyclic) bond motifs is 3. The zero-order chi connectivity index (χ0) is 20.2. The van der Waals surface area contributed by atoms with E-state index in [4.69, 9.17) is 4.52 Å². The number of nitrogens with zero attached hydrogens (tertiary/aromatic N) is 5. The summed E-state index contributed by atoms with van der Waals surface area (Å²) in [6.07, 6.45) is 0. The fourth-order valence-electron chi connectivity index (χ4n) is 3.21. The fraction of sp³-hybridized carbons (Fsp3) is 0.100. The topological polar surface area (TPSA) is 103 Å². The van der Waals surface area contributed by atoms with Crippen molar-refractivity contribution in [1.82, 2.24) is 25.0 Å². The Morgan fingerprint density at radius 2 is 1.76 bits per heavy atom. The van der Waals surface area contributed by atoms with Gasteiger partial charge in [-0.3, -0.25) is 0 Å². The van der Waals surface area contributed by atoms with E-state index in [1.54, 1.807) is 55.5 Å². The molecular formula is C20H15N5O3S. The molecule has 0 saturated heterocycles. The van der Waals surface area contributed by atoms with Crippen LogP contribution in [0.2, 0.25) is 0 Å². The van der Waals surface area contributed by atoms with Gasteiger partial charge in [0.05, 0.1) is 10.4 Å². The summed E-state index contributed by atoms with van der Waals surface area (Å²) >= 11 is 0. The van der Waals surface area contributed by atoms with Crippen molar-refractivity contribution in [3.63, 3.8) is 0 Å². The first kappa shape index (κ1) is 17.5. The molecule has 0 amide bonds. The van der Waals surface area contributed by atoms with Gasteiger partial charge in [0.2, 0.25) is 9.84 Å². The molecule has 5 aromatic rings. The maximum Gasteiger partial charge on any atom is 0.224 e. The van der Waals surface area contributed by atoms with Crippen molar-refractivity contribution in [3.05, 3.63) is 65.9 Å². The first-order valence-electron chi connectivity index (χ1n) is 8.85. The Bertz CT molecular complexity index is 1480. The fourth-order valence-corrected chi connectivity index (χ4v) is 4.60. The second kappa shape index (κ2) is 6.21. The lowest BCUT2D eigenvalue weighted by Crippen LogP contribution is -2.08. The molecule has 8 nitrogen and oxygen atoms in total. The van der Waals surface area contributed by atoms with Crippen molar-refractivity contribution >= 4 is 26.4 Å². The van der Waals surface area contributed by atoms with Gasteiger partial charge < -0.3 is 4.52 Å². The standard InChI is InChI=1S/C20H15N5O3S/c1-12-7-9-14(10-8-12)29(26,27)20-15-5-3-4-6-17(15)25-19(21-20)18(22-24-25)16-11-13(2)28-23-16/h3-11H,1-2H3. The monoisotopic (exact) mass is 405 g/mol. The first-order chi connectivity index (χ1) is 13.9. The molecule has 0 bridgehead atoms. The summed E-state index contributed by atoms with van der Waals surface area (Å²) in [5.74, 6) is 0.606. The number of sulfone groups is 1. The highest BCUT2D eigenvalue weighted by Gasteiger charge is 2.26. The molecule has 0 atom stereocenters. The highest BCUT2D eigenvalue weighted by atomic mass is 32.2. The summed E-state index contributed by atoms with van der Waals surface area (Å²) in [5.41, 5.74) is 2.65. The summed E-state index contributed by atoms with van der Waals surface area (Å²) in [5, 5.41) is 12.7. The molecule has 3 aromatic heterocycles. The summed E-state index contributed by atoms with van der Waals surface area (Å²) in [6, 6.07) is 15.5. The van der Waals surface area contributed by atoms with E-state index in [0.717, 1.165) is 5.56 Å². The predicted octanol–water partition coefficient (Wildman–Crippen LogP) is 3.38. The van der Waals surface area contributed by atoms with E-state index in [2.05, 4.69) is 20.5 Å². The van der Waals surface area contributed by atoms with E-state index in [0.29, 0.717) is 33.7 Å². The second-order valence-electron chi connectivity index (χ2n) is 6.75. The molecule has 0 spiro atoms. The number of aryl methyl sites for hydroxylation is 2. The van der Waals surface area contributed by atoms with Crippen molar-refractivity contribution in [1.29, 1.82) is 0 Å². The van der Waals surface area contributed by atoms with Crippen LogP contribution in [0.25, 0.3) is 27.9 Å². The van der Waals surface area contributed by atoms with Gasteiger partial charge in [0.1, 0.15) is 11.5 Å². The largest absolute Gasteiger partial charge is 0.361 e. The van der Waals surface area contributed by atoms with E-state index in [-0.39, 0.29) is 9.92 Å². The maximum atomic E-state index is 13.4. The van der Waals surface area contributed by atoms with Crippen LogP contribution in [-0.2, 0) is 9.84 Å². The minimum Gasteiger partial charge on any atom is -0.361 e. The predicted molar refractivity (Wildman–Crippen MR) is 105 cm³/mol. The van der Waals surface area contributed by atoms with Crippen LogP contribution in [-0.4, -0.2) is 33.4 Å². The molecule has 0 saturated carbocycles. The van der Waals surface area contributed by atoms with Gasteiger partial charge in [-0.1, -0.05) is 40.2 Å². The molecule has 144 valence electrons. The van der Waals surface area contributed by atoms with E-state index >= 15 is 0 Å². The van der Waals surface area contributed by atoms with Gasteiger partial charge in [-0.05, 0) is 38.1 Å². The van der Waals surface area contributed by atoms with Gasteiger partial charge in [-0.15, -0.1) is 5.10 Å². The van der Waals surface area contributed by atoms with E-state index in [1.165, 1.54) is 4.52 Å². The van der Waals surface area contributed by atoms with Crippen LogP contribution >= 0.6 is 0 Å². The average Bonchev–Trinajstić information content (AvgIpc) is 3.33. The third-order valence-corrected chi connectivity index (χ3v) is 6.39. The van der Waals surface area contributed by atoms with Crippen LogP contribution in [0.3, 0.4) is 0 Å². The average molecular weight is 405 g/mol. The molecule has 0 aliphatic rings. The zero-order valence-electron chi connectivity index (χ0n) is 15.6. The summed E-state index contributed by atoms with van der Waals surface area (Å²) in [4.78, 5) is 4.67. The number of benzene rings is 2. The lowest BCUT2D eigenvalue weighted by molar-refractivity contribution is 0.399. The molecule has 0 unspecified atom stereocenters. The van der Waals surface area contributed by atoms with Crippen LogP contribution in [0, 0.1) is 13.8 Å². The van der Waals surface area contributed by atoms with E-state index in [9.17, 15) is 8.42 Å². The second-order valence-corrected chi connectivity index (χ2v) is 8.61. The molecular weight excluding hydrogens is 390 g/mol. The van der Waals surface area contributed by atoms with Crippen LogP contribution in [0.5, 0.6) is 0 Å². The van der Waals surface area contributed by atoms with Crippen molar-refractivity contribution < 1.29 is 12.9 Å². The number of para-hydroxylation sites is 1. The molecule has 0 fully saturated rings. The molecule has 2 aromatic carbocycles. The van der Waals surface area contributed by atoms with Gasteiger partial charge in [0.15, 0.2) is 16.4 Å². The summed E-state index contributed by atoms with van der Waals surface area (Å²) in [6.45, 7) is 3.67. The smallest absolute Gasteiger partial charge is 0.224 e. The van der Waals surface area contributed by atoms with Crippen LogP contribution in [0.15, 0.2) is 69.0 Å². The molecule has 0 radical (unpaired) electrons. The van der Waals surface area contributed by atoms with Crippen molar-refractivity contribution in [2.45, 2.75) is 23.8 Å². The Morgan fingerprint density at radius 3 is 2.48 bits per heavy atom. The molecule has 29 heavy (non-hydrogen) atoms.